The van der Waals surface area contributed by atoms with Crippen LogP contribution in [-0.2, 0) is 28.0 Å². The van der Waals surface area contributed by atoms with Crippen molar-refractivity contribution in [2.45, 2.75) is 64.0 Å². The Hall–Kier alpha value is -6.67. The van der Waals surface area contributed by atoms with Crippen LogP contribution in [0.2, 0.25) is 0 Å². The molecule has 1 heterocycles. The molecule has 0 spiro atoms. The van der Waals surface area contributed by atoms with Crippen LogP contribution in [0.1, 0.15) is 67.3 Å². The number of aromatic amines is 1. The van der Waals surface area contributed by atoms with Crippen LogP contribution in [0.4, 0.5) is 0 Å². The summed E-state index contributed by atoms with van der Waals surface area (Å²) in [4.78, 5) is 30.5. The van der Waals surface area contributed by atoms with Gasteiger partial charge in [0.15, 0.2) is 0 Å². The van der Waals surface area contributed by atoms with Gasteiger partial charge in [-0.2, -0.15) is 5.21 Å². The van der Waals surface area contributed by atoms with Crippen LogP contribution >= 0.6 is 0 Å². The van der Waals surface area contributed by atoms with E-state index in [4.69, 9.17) is 0 Å². The summed E-state index contributed by atoms with van der Waals surface area (Å²) in [5.74, 6) is -0.714. The van der Waals surface area contributed by atoms with Gasteiger partial charge in [0.2, 0.25) is 11.7 Å². The summed E-state index contributed by atoms with van der Waals surface area (Å²) in [6.45, 7) is 4.25. The molecule has 8 nitrogen and oxygen atoms in total. The number of tetrazole rings is 1. The highest BCUT2D eigenvalue weighted by atomic mass is 16.4. The van der Waals surface area contributed by atoms with Gasteiger partial charge in [-0.1, -0.05) is 190 Å². The maximum absolute atomic E-state index is 14.6. The second-order valence-corrected chi connectivity index (χ2v) is 15.3. The van der Waals surface area contributed by atoms with Gasteiger partial charge in [0.25, 0.3) is 0 Å². The van der Waals surface area contributed by atoms with Crippen LogP contribution in [0.5, 0.6) is 0 Å². The number of aromatic nitrogens is 4. The van der Waals surface area contributed by atoms with Crippen molar-refractivity contribution in [3.63, 3.8) is 0 Å². The van der Waals surface area contributed by atoms with Gasteiger partial charge in [-0.15, -0.1) is 10.2 Å². The molecular weight excluding hydrogens is 719 g/mol. The van der Waals surface area contributed by atoms with Gasteiger partial charge in [0, 0.05) is 29.4 Å². The molecule has 7 aromatic rings. The van der Waals surface area contributed by atoms with Crippen LogP contribution in [0.15, 0.2) is 170 Å². The van der Waals surface area contributed by atoms with Gasteiger partial charge in [-0.05, 0) is 63.4 Å². The number of carbonyl (C=O) groups is 2. The lowest BCUT2D eigenvalue weighted by molar-refractivity contribution is -0.157. The minimum atomic E-state index is -1.19. The topological polar surface area (TPSA) is 112 Å². The fourth-order valence-electron chi connectivity index (χ4n) is 8.69. The summed E-state index contributed by atoms with van der Waals surface area (Å²) in [6.07, 6.45) is 2.53. The van der Waals surface area contributed by atoms with Gasteiger partial charge < -0.3 is 10.0 Å². The van der Waals surface area contributed by atoms with E-state index in [2.05, 4.69) is 76.1 Å². The summed E-state index contributed by atoms with van der Waals surface area (Å²) in [6, 6.07) is 55.9. The molecule has 0 fully saturated rings. The van der Waals surface area contributed by atoms with Crippen molar-refractivity contribution in [1.82, 2.24) is 25.5 Å². The van der Waals surface area contributed by atoms with Gasteiger partial charge in [0.05, 0.1) is 0 Å². The fraction of sp³-hybridized carbons (Fsp3) is 0.220. The van der Waals surface area contributed by atoms with Crippen molar-refractivity contribution in [2.24, 2.45) is 5.41 Å². The van der Waals surface area contributed by atoms with Crippen molar-refractivity contribution < 1.29 is 14.7 Å². The zero-order valence-corrected chi connectivity index (χ0v) is 33.0. The zero-order chi connectivity index (χ0) is 40.4. The molecule has 0 aliphatic rings. The van der Waals surface area contributed by atoms with Gasteiger partial charge in [-0.3, -0.25) is 4.79 Å². The van der Waals surface area contributed by atoms with E-state index in [1.54, 1.807) is 4.90 Å². The normalized spacial score (nSPS) is 13.0. The first-order chi connectivity index (χ1) is 28.3. The van der Waals surface area contributed by atoms with Crippen molar-refractivity contribution in [3.8, 4) is 22.5 Å². The lowest BCUT2D eigenvalue weighted by atomic mass is 9.58. The number of carboxylic acids is 1. The second kappa shape index (κ2) is 18.1. The third kappa shape index (κ3) is 8.51. The first kappa shape index (κ1) is 39.6. The number of rotatable bonds is 17. The number of amides is 1. The number of nitrogens with zero attached hydrogens (tertiary/aromatic N) is 4. The number of unbranched alkanes of at least 4 members (excludes halogenated alkanes) is 1. The number of aliphatic carboxylic acids is 1. The van der Waals surface area contributed by atoms with Crippen LogP contribution in [-0.4, -0.2) is 48.5 Å². The van der Waals surface area contributed by atoms with Crippen LogP contribution in [0.3, 0.4) is 0 Å². The highest BCUT2D eigenvalue weighted by molar-refractivity contribution is 5.85. The molecule has 8 heteroatoms. The molecule has 1 amide bonds. The van der Waals surface area contributed by atoms with Gasteiger partial charge >= 0.3 is 5.97 Å². The Bertz CT molecular complexity index is 2280. The Labute approximate surface area is 340 Å². The van der Waals surface area contributed by atoms with Crippen molar-refractivity contribution >= 4 is 11.9 Å². The molecule has 2 N–H and O–H groups in total. The van der Waals surface area contributed by atoms with Crippen molar-refractivity contribution in [2.75, 3.05) is 0 Å². The molecule has 0 aliphatic heterocycles. The largest absolute Gasteiger partial charge is 0.480 e. The molecule has 1 aromatic heterocycles. The molecule has 0 saturated heterocycles. The summed E-state index contributed by atoms with van der Waals surface area (Å²) >= 11 is 0. The third-order valence-corrected chi connectivity index (χ3v) is 11.3. The SMILES string of the molecule is CCCCC(=O)N(Cc1ccc(-c2ccccc2-c2nn[nH]n2)cc1)[C@H](C(=O)O)C(C)(Cc1ccccc1)CC(c1ccccc1)(c1ccccc1)c1ccccc1. The third-order valence-electron chi connectivity index (χ3n) is 11.3. The zero-order valence-electron chi connectivity index (χ0n) is 33.0. The number of nitrogens with one attached hydrogen (secondary N) is 1. The standard InChI is InChI=1S/C50H49N5O3/c1-3-4-29-45(56)55(35-38-30-32-39(33-31-38)43-27-17-18-28-44(43)47-51-53-54-52-47)46(48(57)58)49(2,34-37-19-9-5-10-20-37)36-50(40-21-11-6-12-22-40,41-23-13-7-14-24-41)42-25-15-8-16-26-42/h5-28,30-33,46H,3-4,29,34-36H2,1-2H3,(H,57,58)(H,51,52,53,54)/t46-,49?/m1/s1. The maximum Gasteiger partial charge on any atom is 0.327 e. The Morgan fingerprint density at radius 3 is 1.69 bits per heavy atom. The van der Waals surface area contributed by atoms with Crippen LogP contribution in [0.25, 0.3) is 22.5 Å². The number of hydrogen-bond donors (Lipinski definition) is 2. The first-order valence-electron chi connectivity index (χ1n) is 20.0. The Morgan fingerprint density at radius 1 is 0.672 bits per heavy atom. The average Bonchev–Trinajstić information content (AvgIpc) is 3.81. The molecule has 0 saturated carbocycles. The Morgan fingerprint density at radius 2 is 1.19 bits per heavy atom. The fourth-order valence-corrected chi connectivity index (χ4v) is 8.69. The van der Waals surface area contributed by atoms with Crippen LogP contribution in [0, 0.1) is 5.41 Å². The van der Waals surface area contributed by atoms with Crippen molar-refractivity contribution in [3.05, 3.63) is 198 Å². The van der Waals surface area contributed by atoms with E-state index in [-0.39, 0.29) is 18.9 Å². The Kier molecular flexibility index (Phi) is 12.3. The molecular formula is C50H49N5O3. The van der Waals surface area contributed by atoms with E-state index in [0.29, 0.717) is 25.1 Å². The predicted octanol–water partition coefficient (Wildman–Crippen LogP) is 10.2. The van der Waals surface area contributed by atoms with E-state index < -0.39 is 22.8 Å². The van der Waals surface area contributed by atoms with E-state index in [1.807, 2.05) is 128 Å². The molecule has 0 radical (unpaired) electrons. The summed E-state index contributed by atoms with van der Waals surface area (Å²) < 4.78 is 0. The van der Waals surface area contributed by atoms with E-state index in [0.717, 1.165) is 50.9 Å². The number of carbonyl (C=O) groups excluding carboxylic acids is 1. The first-order valence-corrected chi connectivity index (χ1v) is 20.0. The quantitative estimate of drug-likeness (QED) is 0.0893. The minimum Gasteiger partial charge on any atom is -0.480 e. The molecule has 6 aromatic carbocycles. The number of carboxylic acid groups (broad SMARTS) is 1. The maximum atomic E-state index is 14.6. The smallest absolute Gasteiger partial charge is 0.327 e. The van der Waals surface area contributed by atoms with Gasteiger partial charge in [0.1, 0.15) is 6.04 Å². The Balaban J connectivity index is 1.37. The number of H-pyrrole nitrogens is 1. The predicted molar refractivity (Wildman–Crippen MR) is 229 cm³/mol. The number of hydrogen-bond acceptors (Lipinski definition) is 5. The molecule has 7 rings (SSSR count). The lowest BCUT2D eigenvalue weighted by Crippen LogP contribution is -2.56. The summed E-state index contributed by atoms with van der Waals surface area (Å²) in [5, 5.41) is 26.3. The highest BCUT2D eigenvalue weighted by Crippen LogP contribution is 2.51. The average molecular weight is 768 g/mol. The van der Waals surface area contributed by atoms with Crippen molar-refractivity contribution in [1.29, 1.82) is 0 Å². The molecule has 58 heavy (non-hydrogen) atoms. The molecule has 1 unspecified atom stereocenters. The molecule has 0 aliphatic carbocycles. The highest BCUT2D eigenvalue weighted by Gasteiger charge is 2.51. The molecule has 2 atom stereocenters. The second-order valence-electron chi connectivity index (χ2n) is 15.3. The van der Waals surface area contributed by atoms with E-state index in [9.17, 15) is 14.7 Å². The summed E-state index contributed by atoms with van der Waals surface area (Å²) in [7, 11) is 0. The van der Waals surface area contributed by atoms with Crippen LogP contribution < -0.4 is 0 Å². The minimum absolute atomic E-state index is 0.131. The lowest BCUT2D eigenvalue weighted by Gasteiger charge is -2.48. The summed E-state index contributed by atoms with van der Waals surface area (Å²) in [5.41, 5.74) is 5.93. The van der Waals surface area contributed by atoms with E-state index >= 15 is 0 Å². The molecule has 292 valence electrons. The van der Waals surface area contributed by atoms with Gasteiger partial charge in [-0.25, -0.2) is 4.79 Å². The monoisotopic (exact) mass is 767 g/mol. The number of benzene rings is 6. The van der Waals surface area contributed by atoms with E-state index in [1.165, 1.54) is 0 Å². The molecule has 0 bridgehead atoms.